The van der Waals surface area contributed by atoms with Crippen molar-refractivity contribution >= 4 is 27.5 Å². The Morgan fingerprint density at radius 1 is 1.13 bits per heavy atom. The first-order chi connectivity index (χ1) is 14.1. The van der Waals surface area contributed by atoms with Crippen LogP contribution in [0.4, 0.5) is 5.69 Å². The normalized spacial score (nSPS) is 25.1. The molecule has 1 heterocycles. The number of hydrogen-bond donors (Lipinski definition) is 2. The van der Waals surface area contributed by atoms with Crippen molar-refractivity contribution in [2.45, 2.75) is 43.9 Å². The van der Waals surface area contributed by atoms with Crippen molar-refractivity contribution in [1.29, 1.82) is 0 Å². The minimum atomic E-state index is -3.74. The van der Waals surface area contributed by atoms with Crippen LogP contribution in [0.3, 0.4) is 0 Å². The van der Waals surface area contributed by atoms with Gasteiger partial charge in [0.15, 0.2) is 6.17 Å². The summed E-state index contributed by atoms with van der Waals surface area (Å²) in [7, 11) is -3.74. The number of sulfonamides is 1. The number of benzene rings is 1. The van der Waals surface area contributed by atoms with Gasteiger partial charge in [0.1, 0.15) is 0 Å². The fourth-order valence-electron chi connectivity index (χ4n) is 3.87. The van der Waals surface area contributed by atoms with E-state index >= 15 is 0 Å². The van der Waals surface area contributed by atoms with Crippen molar-refractivity contribution < 1.29 is 22.9 Å². The highest BCUT2D eigenvalue weighted by Crippen LogP contribution is 2.24. The molecular formula is C18H25N5O6S. The van der Waals surface area contributed by atoms with Crippen LogP contribution in [0.15, 0.2) is 24.3 Å². The van der Waals surface area contributed by atoms with Crippen molar-refractivity contribution in [3.8, 4) is 0 Å². The van der Waals surface area contributed by atoms with Gasteiger partial charge < -0.3 is 16.0 Å². The number of nitrogens with zero attached hydrogens (tertiary/aromatic N) is 3. The number of amides is 2. The number of carbonyl (C=O) groups is 2. The Balaban J connectivity index is 1.82. The molecule has 2 amide bonds. The van der Waals surface area contributed by atoms with Crippen LogP contribution in [0.25, 0.3) is 0 Å². The topological polar surface area (TPSA) is 156 Å². The third-order valence-corrected chi connectivity index (χ3v) is 6.73. The molecule has 2 aliphatic rings. The van der Waals surface area contributed by atoms with Crippen LogP contribution in [-0.2, 0) is 14.8 Å². The molecule has 30 heavy (non-hydrogen) atoms. The highest BCUT2D eigenvalue weighted by Gasteiger charge is 2.45. The Kier molecular flexibility index (Phi) is 6.38. The molecule has 1 atom stereocenters. The number of nitrogens with one attached hydrogen (secondary N) is 1. The predicted molar refractivity (Wildman–Crippen MR) is 108 cm³/mol. The second kappa shape index (κ2) is 8.66. The van der Waals surface area contributed by atoms with Gasteiger partial charge in [-0.15, -0.1) is 0 Å². The first-order valence-corrected chi connectivity index (χ1v) is 11.5. The first kappa shape index (κ1) is 22.1. The molecule has 0 radical (unpaired) electrons. The van der Waals surface area contributed by atoms with Crippen molar-refractivity contribution in [3.05, 3.63) is 39.9 Å². The molecule has 0 spiro atoms. The molecule has 0 aromatic heterocycles. The number of hydrogen-bond acceptors (Lipinski definition) is 7. The number of rotatable bonds is 5. The van der Waals surface area contributed by atoms with Crippen molar-refractivity contribution in [1.82, 2.24) is 14.5 Å². The summed E-state index contributed by atoms with van der Waals surface area (Å²) in [6, 6.07) is 4.94. The van der Waals surface area contributed by atoms with E-state index in [1.807, 2.05) is 0 Å². The second-order valence-corrected chi connectivity index (χ2v) is 9.61. The van der Waals surface area contributed by atoms with Crippen LogP contribution >= 0.6 is 0 Å². The van der Waals surface area contributed by atoms with E-state index in [2.05, 4.69) is 5.32 Å². The van der Waals surface area contributed by atoms with Crippen LogP contribution in [-0.4, -0.2) is 72.0 Å². The molecule has 11 nitrogen and oxygen atoms in total. The van der Waals surface area contributed by atoms with E-state index in [-0.39, 0.29) is 36.4 Å². The van der Waals surface area contributed by atoms with Gasteiger partial charge in [-0.3, -0.25) is 19.7 Å². The summed E-state index contributed by atoms with van der Waals surface area (Å²) in [5.41, 5.74) is 5.85. The zero-order valence-electron chi connectivity index (χ0n) is 16.6. The third-order valence-electron chi connectivity index (χ3n) is 5.49. The molecule has 1 saturated heterocycles. The van der Waals surface area contributed by atoms with E-state index in [1.165, 1.54) is 29.2 Å². The largest absolute Gasteiger partial charge is 0.350 e. The Morgan fingerprint density at radius 2 is 1.73 bits per heavy atom. The Morgan fingerprint density at radius 3 is 2.27 bits per heavy atom. The van der Waals surface area contributed by atoms with Gasteiger partial charge in [-0.1, -0.05) is 0 Å². The summed E-state index contributed by atoms with van der Waals surface area (Å²) in [5, 5.41) is 13.7. The van der Waals surface area contributed by atoms with Crippen molar-refractivity contribution in [3.63, 3.8) is 0 Å². The summed E-state index contributed by atoms with van der Waals surface area (Å²) >= 11 is 0. The average Bonchev–Trinajstić information content (AvgIpc) is 3.15. The molecule has 1 aliphatic carbocycles. The molecule has 1 aliphatic heterocycles. The lowest BCUT2D eigenvalue weighted by Gasteiger charge is -2.32. The van der Waals surface area contributed by atoms with Gasteiger partial charge >= 0.3 is 0 Å². The molecule has 164 valence electrons. The minimum Gasteiger partial charge on any atom is -0.350 e. The zero-order chi connectivity index (χ0) is 22.1. The minimum absolute atomic E-state index is 0.00875. The maximum Gasteiger partial charge on any atom is 0.269 e. The van der Waals surface area contributed by atoms with Crippen molar-refractivity contribution in [2.75, 3.05) is 19.3 Å². The van der Waals surface area contributed by atoms with E-state index < -0.39 is 32.9 Å². The Bertz CT molecular complexity index is 927. The third kappa shape index (κ3) is 4.77. The van der Waals surface area contributed by atoms with Crippen LogP contribution < -0.4 is 11.1 Å². The molecule has 2 fully saturated rings. The first-order valence-electron chi connectivity index (χ1n) is 9.66. The van der Waals surface area contributed by atoms with Crippen molar-refractivity contribution in [2.24, 2.45) is 5.73 Å². The van der Waals surface area contributed by atoms with Gasteiger partial charge in [-0.05, 0) is 37.8 Å². The SMILES string of the molecule is CS(=O)(=O)N1CCN(C(=O)c2ccc([N+](=O)[O-])cc2)C1C(=O)NC1CCC(N)CC1. The summed E-state index contributed by atoms with van der Waals surface area (Å²) < 4.78 is 25.4. The lowest BCUT2D eigenvalue weighted by molar-refractivity contribution is -0.384. The lowest BCUT2D eigenvalue weighted by atomic mass is 9.92. The van der Waals surface area contributed by atoms with E-state index in [9.17, 15) is 28.1 Å². The molecule has 3 N–H and O–H groups in total. The van der Waals surface area contributed by atoms with E-state index in [0.717, 1.165) is 23.4 Å². The van der Waals surface area contributed by atoms with Gasteiger partial charge in [0, 0.05) is 42.9 Å². The highest BCUT2D eigenvalue weighted by molar-refractivity contribution is 7.88. The maximum atomic E-state index is 13.0. The summed E-state index contributed by atoms with van der Waals surface area (Å²) in [5.74, 6) is -1.13. The Hall–Kier alpha value is -2.57. The molecule has 1 saturated carbocycles. The molecule has 12 heteroatoms. The maximum absolute atomic E-state index is 13.0. The predicted octanol–water partition coefficient (Wildman–Crippen LogP) is 0.0244. The van der Waals surface area contributed by atoms with Gasteiger partial charge in [0.05, 0.1) is 11.2 Å². The molecule has 0 bridgehead atoms. The molecule has 1 aromatic rings. The number of non-ortho nitro benzene ring substituents is 1. The second-order valence-electron chi connectivity index (χ2n) is 7.67. The number of nitro benzene ring substituents is 1. The van der Waals surface area contributed by atoms with Gasteiger partial charge in [0.25, 0.3) is 17.5 Å². The van der Waals surface area contributed by atoms with E-state index in [1.54, 1.807) is 0 Å². The number of nitrogens with two attached hydrogens (primary N) is 1. The number of carbonyl (C=O) groups excluding carboxylic acids is 2. The number of nitro groups is 1. The summed E-state index contributed by atoms with van der Waals surface area (Å²) in [6.45, 7) is 0.0295. The molecule has 1 unspecified atom stereocenters. The van der Waals surface area contributed by atoms with Gasteiger partial charge in [0.2, 0.25) is 10.0 Å². The van der Waals surface area contributed by atoms with Gasteiger partial charge in [-0.25, -0.2) is 8.42 Å². The zero-order valence-corrected chi connectivity index (χ0v) is 17.4. The fourth-order valence-corrected chi connectivity index (χ4v) is 4.85. The summed E-state index contributed by atoms with van der Waals surface area (Å²) in [4.78, 5) is 37.4. The van der Waals surface area contributed by atoms with Crippen LogP contribution in [0.5, 0.6) is 0 Å². The van der Waals surface area contributed by atoms with Crippen LogP contribution in [0.1, 0.15) is 36.0 Å². The molecule has 1 aromatic carbocycles. The smallest absolute Gasteiger partial charge is 0.269 e. The summed E-state index contributed by atoms with van der Waals surface area (Å²) in [6.07, 6.45) is 2.59. The van der Waals surface area contributed by atoms with Crippen LogP contribution in [0.2, 0.25) is 0 Å². The van der Waals surface area contributed by atoms with Gasteiger partial charge in [-0.2, -0.15) is 4.31 Å². The molecular weight excluding hydrogens is 414 g/mol. The monoisotopic (exact) mass is 439 g/mol. The Labute approximate surface area is 174 Å². The quantitative estimate of drug-likeness (QED) is 0.484. The fraction of sp³-hybridized carbons (Fsp3) is 0.556. The molecule has 3 rings (SSSR count). The average molecular weight is 439 g/mol. The highest BCUT2D eigenvalue weighted by atomic mass is 32.2. The van der Waals surface area contributed by atoms with E-state index in [0.29, 0.717) is 12.8 Å². The lowest BCUT2D eigenvalue weighted by Crippen LogP contribution is -2.55. The standard InChI is InChI=1S/C18H25N5O6S/c1-30(28,29)22-11-10-21(18(25)12-2-8-15(9-3-12)23(26)27)17(22)16(24)20-14-6-4-13(19)5-7-14/h2-3,8-9,13-14,17H,4-7,10-11,19H2,1H3,(H,20,24). The van der Waals surface area contributed by atoms with E-state index in [4.69, 9.17) is 5.73 Å². The van der Waals surface area contributed by atoms with Crippen LogP contribution in [0, 0.1) is 10.1 Å².